The molecule has 0 radical (unpaired) electrons. The van der Waals surface area contributed by atoms with Crippen LogP contribution >= 0.6 is 0 Å². The lowest BCUT2D eigenvalue weighted by Crippen LogP contribution is -2.50. The van der Waals surface area contributed by atoms with Gasteiger partial charge in [0, 0.05) is 13.1 Å². The molecule has 0 aromatic heterocycles. The normalized spacial score (nSPS) is 32.1. The number of rotatable bonds is 5. The van der Waals surface area contributed by atoms with Crippen LogP contribution in [0.15, 0.2) is 36.4 Å². The van der Waals surface area contributed by atoms with Gasteiger partial charge in [-0.1, -0.05) is 44.2 Å². The SMILES string of the molecule is CC(C)c1ccc2cc(CN(C)CC34CC5CC(CC(C5)C3)C4)ccc2c1. The monoisotopic (exact) mass is 361 g/mol. The molecule has 6 rings (SSSR count). The van der Waals surface area contributed by atoms with Gasteiger partial charge in [0.1, 0.15) is 0 Å². The molecule has 4 aliphatic rings. The molecule has 2 aromatic carbocycles. The van der Waals surface area contributed by atoms with Gasteiger partial charge in [0.2, 0.25) is 0 Å². The van der Waals surface area contributed by atoms with Crippen molar-refractivity contribution in [2.45, 2.75) is 64.8 Å². The molecule has 0 heterocycles. The summed E-state index contributed by atoms with van der Waals surface area (Å²) in [7, 11) is 2.35. The minimum Gasteiger partial charge on any atom is -0.302 e. The van der Waals surface area contributed by atoms with Gasteiger partial charge in [-0.3, -0.25) is 0 Å². The van der Waals surface area contributed by atoms with Crippen molar-refractivity contribution in [3.05, 3.63) is 47.5 Å². The fourth-order valence-corrected chi connectivity index (χ4v) is 7.19. The smallest absolute Gasteiger partial charge is 0.0231 e. The van der Waals surface area contributed by atoms with Gasteiger partial charge >= 0.3 is 0 Å². The summed E-state index contributed by atoms with van der Waals surface area (Å²) in [5, 5.41) is 2.77. The van der Waals surface area contributed by atoms with E-state index in [-0.39, 0.29) is 0 Å². The van der Waals surface area contributed by atoms with Gasteiger partial charge < -0.3 is 4.90 Å². The van der Waals surface area contributed by atoms with Crippen molar-refractivity contribution in [1.29, 1.82) is 0 Å². The lowest BCUT2D eigenvalue weighted by Gasteiger charge is -2.57. The van der Waals surface area contributed by atoms with Crippen molar-refractivity contribution in [2.75, 3.05) is 13.6 Å². The standard InChI is InChI=1S/C26H35N/c1-18(2)23-6-7-24-11-19(4-5-25(24)12-23)16-27(3)17-26-13-20-8-21(14-26)10-22(9-20)15-26/h4-7,11-12,18,20-22H,8-10,13-17H2,1-3H3. The van der Waals surface area contributed by atoms with Crippen LogP contribution in [0.5, 0.6) is 0 Å². The van der Waals surface area contributed by atoms with Gasteiger partial charge in [-0.05, 0) is 103 Å². The van der Waals surface area contributed by atoms with Gasteiger partial charge in [-0.25, -0.2) is 0 Å². The summed E-state index contributed by atoms with van der Waals surface area (Å²) in [6.45, 7) is 6.94. The highest BCUT2D eigenvalue weighted by molar-refractivity contribution is 5.84. The Morgan fingerprint density at radius 3 is 2.11 bits per heavy atom. The molecule has 4 bridgehead atoms. The van der Waals surface area contributed by atoms with Crippen molar-refractivity contribution in [2.24, 2.45) is 23.2 Å². The fraction of sp³-hybridized carbons (Fsp3) is 0.615. The minimum absolute atomic E-state index is 0.598. The maximum atomic E-state index is 2.62. The number of benzene rings is 2. The molecule has 144 valence electrons. The Labute approximate surface area is 165 Å². The predicted octanol–water partition coefficient (Wildman–Crippen LogP) is 6.61. The Hall–Kier alpha value is -1.34. The van der Waals surface area contributed by atoms with E-state index in [1.54, 1.807) is 19.3 Å². The fourth-order valence-electron chi connectivity index (χ4n) is 7.19. The van der Waals surface area contributed by atoms with Gasteiger partial charge in [0.15, 0.2) is 0 Å². The number of nitrogens with zero attached hydrogens (tertiary/aromatic N) is 1. The zero-order valence-electron chi connectivity index (χ0n) is 17.4. The summed E-state index contributed by atoms with van der Waals surface area (Å²) < 4.78 is 0. The van der Waals surface area contributed by atoms with Crippen LogP contribution < -0.4 is 0 Å². The largest absolute Gasteiger partial charge is 0.302 e. The van der Waals surface area contributed by atoms with E-state index in [0.717, 1.165) is 24.3 Å². The molecule has 27 heavy (non-hydrogen) atoms. The molecule has 0 unspecified atom stereocenters. The van der Waals surface area contributed by atoms with E-state index in [4.69, 9.17) is 0 Å². The molecule has 1 heteroatoms. The summed E-state index contributed by atoms with van der Waals surface area (Å²) in [5.74, 6) is 3.77. The van der Waals surface area contributed by atoms with Gasteiger partial charge in [0.05, 0.1) is 0 Å². The third-order valence-electron chi connectivity index (χ3n) is 7.82. The van der Waals surface area contributed by atoms with Crippen molar-refractivity contribution in [3.8, 4) is 0 Å². The van der Waals surface area contributed by atoms with Crippen LogP contribution in [0.4, 0.5) is 0 Å². The van der Waals surface area contributed by atoms with Crippen LogP contribution in [-0.4, -0.2) is 18.5 Å². The summed E-state index contributed by atoms with van der Waals surface area (Å²) in [5.41, 5.74) is 3.55. The molecule has 0 saturated heterocycles. The predicted molar refractivity (Wildman–Crippen MR) is 115 cm³/mol. The third-order valence-corrected chi connectivity index (χ3v) is 7.82. The second kappa shape index (κ2) is 6.62. The van der Waals surface area contributed by atoms with Crippen LogP contribution in [0.25, 0.3) is 10.8 Å². The van der Waals surface area contributed by atoms with Gasteiger partial charge in [-0.2, -0.15) is 0 Å². The van der Waals surface area contributed by atoms with E-state index < -0.39 is 0 Å². The second-order valence-corrected chi connectivity index (χ2v) is 10.7. The first-order valence-corrected chi connectivity index (χ1v) is 11.2. The highest BCUT2D eigenvalue weighted by Gasteiger charge is 2.50. The van der Waals surface area contributed by atoms with Crippen LogP contribution in [0.1, 0.15) is 69.4 Å². The van der Waals surface area contributed by atoms with Gasteiger partial charge in [-0.15, -0.1) is 0 Å². The molecule has 1 nitrogen and oxygen atoms in total. The molecule has 4 saturated carbocycles. The maximum absolute atomic E-state index is 2.62. The lowest BCUT2D eigenvalue weighted by molar-refractivity contribution is -0.0670. The van der Waals surface area contributed by atoms with E-state index >= 15 is 0 Å². The maximum Gasteiger partial charge on any atom is 0.0231 e. The number of hydrogen-bond acceptors (Lipinski definition) is 1. The number of hydrogen-bond donors (Lipinski definition) is 0. The molecule has 0 amide bonds. The van der Waals surface area contributed by atoms with Crippen molar-refractivity contribution < 1.29 is 0 Å². The lowest BCUT2D eigenvalue weighted by atomic mass is 9.49. The Balaban J connectivity index is 1.29. The molecular weight excluding hydrogens is 326 g/mol. The zero-order valence-corrected chi connectivity index (χ0v) is 17.4. The Morgan fingerprint density at radius 2 is 1.48 bits per heavy atom. The third kappa shape index (κ3) is 3.44. The minimum atomic E-state index is 0.598. The van der Waals surface area contributed by atoms with E-state index in [2.05, 4.69) is 62.2 Å². The molecule has 2 aromatic rings. The molecule has 4 fully saturated rings. The quantitative estimate of drug-likeness (QED) is 0.579. The summed E-state index contributed by atoms with van der Waals surface area (Å²) in [6.07, 6.45) is 9.18. The van der Waals surface area contributed by atoms with Crippen LogP contribution in [0.3, 0.4) is 0 Å². The van der Waals surface area contributed by atoms with E-state index in [9.17, 15) is 0 Å². The van der Waals surface area contributed by atoms with E-state index in [1.165, 1.54) is 47.7 Å². The highest BCUT2D eigenvalue weighted by Crippen LogP contribution is 2.60. The van der Waals surface area contributed by atoms with Crippen LogP contribution in [0.2, 0.25) is 0 Å². The van der Waals surface area contributed by atoms with Crippen molar-refractivity contribution >= 4 is 10.8 Å². The Kier molecular flexibility index (Phi) is 4.35. The highest BCUT2D eigenvalue weighted by atomic mass is 15.1. The first-order valence-electron chi connectivity index (χ1n) is 11.2. The van der Waals surface area contributed by atoms with Crippen molar-refractivity contribution in [3.63, 3.8) is 0 Å². The molecule has 0 aliphatic heterocycles. The van der Waals surface area contributed by atoms with E-state index in [0.29, 0.717) is 11.3 Å². The van der Waals surface area contributed by atoms with Gasteiger partial charge in [0.25, 0.3) is 0 Å². The average molecular weight is 362 g/mol. The number of fused-ring (bicyclic) bond motifs is 1. The second-order valence-electron chi connectivity index (χ2n) is 10.7. The molecule has 0 N–H and O–H groups in total. The molecule has 0 spiro atoms. The average Bonchev–Trinajstić information content (AvgIpc) is 2.59. The summed E-state index contributed by atoms with van der Waals surface area (Å²) >= 11 is 0. The van der Waals surface area contributed by atoms with Crippen LogP contribution in [-0.2, 0) is 6.54 Å². The zero-order chi connectivity index (χ0) is 18.6. The Bertz CT molecular complexity index is 798. The first-order chi connectivity index (χ1) is 13.0. The molecular formula is C26H35N. The summed E-state index contributed by atoms with van der Waals surface area (Å²) in [6, 6.07) is 14.1. The van der Waals surface area contributed by atoms with E-state index in [1.807, 2.05) is 0 Å². The molecule has 0 atom stereocenters. The first kappa shape index (κ1) is 17.7. The van der Waals surface area contributed by atoms with Crippen LogP contribution in [0, 0.1) is 23.2 Å². The summed E-state index contributed by atoms with van der Waals surface area (Å²) in [4.78, 5) is 2.62. The topological polar surface area (TPSA) is 3.24 Å². The molecule has 4 aliphatic carbocycles. The van der Waals surface area contributed by atoms with Crippen molar-refractivity contribution in [1.82, 2.24) is 4.90 Å². The Morgan fingerprint density at radius 1 is 0.889 bits per heavy atom.